The zero-order chi connectivity index (χ0) is 13.1. The lowest BCUT2D eigenvalue weighted by atomic mass is 10.1. The van der Waals surface area contributed by atoms with Crippen molar-refractivity contribution in [3.8, 4) is 22.8 Å². The van der Waals surface area contributed by atoms with Gasteiger partial charge in [-0.1, -0.05) is 0 Å². The average molecular weight is 257 g/mol. The van der Waals surface area contributed by atoms with Crippen molar-refractivity contribution in [1.29, 1.82) is 0 Å². The highest BCUT2D eigenvalue weighted by Crippen LogP contribution is 2.33. The van der Waals surface area contributed by atoms with Gasteiger partial charge in [0.1, 0.15) is 19.0 Å². The summed E-state index contributed by atoms with van der Waals surface area (Å²) in [6.45, 7) is 4.03. The highest BCUT2D eigenvalue weighted by Gasteiger charge is 2.13. The van der Waals surface area contributed by atoms with E-state index in [1.807, 2.05) is 25.1 Å². The van der Waals surface area contributed by atoms with Crippen molar-refractivity contribution >= 4 is 5.82 Å². The maximum atomic E-state index is 5.57. The molecule has 0 aliphatic carbocycles. The van der Waals surface area contributed by atoms with Gasteiger partial charge >= 0.3 is 0 Å². The Balaban J connectivity index is 1.95. The fraction of sp³-hybridized carbons (Fsp3) is 0.286. The van der Waals surface area contributed by atoms with Gasteiger partial charge < -0.3 is 14.8 Å². The molecule has 1 aromatic carbocycles. The highest BCUT2D eigenvalue weighted by molar-refractivity contribution is 5.64. The van der Waals surface area contributed by atoms with Crippen LogP contribution in [0.15, 0.2) is 30.6 Å². The predicted molar refractivity (Wildman–Crippen MR) is 72.6 cm³/mol. The normalized spacial score (nSPS) is 13.1. The molecule has 0 saturated heterocycles. The number of rotatable bonds is 3. The molecule has 0 atom stereocenters. The first-order chi connectivity index (χ1) is 9.36. The van der Waals surface area contributed by atoms with Crippen molar-refractivity contribution < 1.29 is 9.47 Å². The first-order valence-electron chi connectivity index (χ1n) is 6.33. The van der Waals surface area contributed by atoms with E-state index in [-0.39, 0.29) is 0 Å². The minimum atomic E-state index is 0.583. The summed E-state index contributed by atoms with van der Waals surface area (Å²) >= 11 is 0. The molecule has 0 saturated carbocycles. The largest absolute Gasteiger partial charge is 0.486 e. The minimum absolute atomic E-state index is 0.583. The number of nitrogens with zero attached hydrogens (tertiary/aromatic N) is 2. The molecule has 5 heteroatoms. The number of hydrogen-bond donors (Lipinski definition) is 1. The number of hydrogen-bond acceptors (Lipinski definition) is 5. The molecule has 1 aromatic heterocycles. The number of ether oxygens (including phenoxy) is 2. The number of aromatic nitrogens is 2. The Labute approximate surface area is 111 Å². The van der Waals surface area contributed by atoms with Crippen molar-refractivity contribution in [2.24, 2.45) is 0 Å². The summed E-state index contributed by atoms with van der Waals surface area (Å²) in [6, 6.07) is 5.81. The Morgan fingerprint density at radius 1 is 1.16 bits per heavy atom. The van der Waals surface area contributed by atoms with E-state index in [9.17, 15) is 0 Å². The molecule has 5 nitrogen and oxygen atoms in total. The van der Waals surface area contributed by atoms with Gasteiger partial charge in [-0.3, -0.25) is 4.98 Å². The molecule has 19 heavy (non-hydrogen) atoms. The van der Waals surface area contributed by atoms with Crippen LogP contribution in [0.2, 0.25) is 0 Å². The lowest BCUT2D eigenvalue weighted by molar-refractivity contribution is 0.171. The van der Waals surface area contributed by atoms with Crippen LogP contribution in [0.25, 0.3) is 11.3 Å². The summed E-state index contributed by atoms with van der Waals surface area (Å²) in [4.78, 5) is 8.71. The topological polar surface area (TPSA) is 56.3 Å². The van der Waals surface area contributed by atoms with Crippen LogP contribution in [0.5, 0.6) is 11.5 Å². The van der Waals surface area contributed by atoms with Crippen LogP contribution in [0.4, 0.5) is 5.82 Å². The number of nitrogens with one attached hydrogen (secondary N) is 1. The van der Waals surface area contributed by atoms with Crippen LogP contribution in [0.1, 0.15) is 6.92 Å². The van der Waals surface area contributed by atoms with Crippen LogP contribution in [-0.4, -0.2) is 29.7 Å². The van der Waals surface area contributed by atoms with Crippen LogP contribution < -0.4 is 14.8 Å². The average Bonchev–Trinajstić information content (AvgIpc) is 2.47. The van der Waals surface area contributed by atoms with Crippen LogP contribution in [0.3, 0.4) is 0 Å². The monoisotopic (exact) mass is 257 g/mol. The molecule has 0 unspecified atom stereocenters. The fourth-order valence-electron chi connectivity index (χ4n) is 1.97. The molecule has 0 bridgehead atoms. The molecule has 1 aliphatic heterocycles. The summed E-state index contributed by atoms with van der Waals surface area (Å²) in [7, 11) is 0. The fourth-order valence-corrected chi connectivity index (χ4v) is 1.97. The zero-order valence-corrected chi connectivity index (χ0v) is 10.7. The Bertz CT molecular complexity index is 587. The van der Waals surface area contributed by atoms with E-state index in [2.05, 4.69) is 15.3 Å². The second kappa shape index (κ2) is 5.14. The van der Waals surface area contributed by atoms with Crippen LogP contribution in [-0.2, 0) is 0 Å². The third-order valence-corrected chi connectivity index (χ3v) is 2.83. The highest BCUT2D eigenvalue weighted by atomic mass is 16.6. The van der Waals surface area contributed by atoms with Crippen LogP contribution in [0, 0.1) is 0 Å². The summed E-state index contributed by atoms with van der Waals surface area (Å²) < 4.78 is 11.1. The van der Waals surface area contributed by atoms with Gasteiger partial charge in [0, 0.05) is 12.1 Å². The van der Waals surface area contributed by atoms with Gasteiger partial charge in [0.2, 0.25) is 0 Å². The van der Waals surface area contributed by atoms with Gasteiger partial charge in [-0.25, -0.2) is 4.98 Å². The first kappa shape index (κ1) is 11.8. The molecule has 98 valence electrons. The van der Waals surface area contributed by atoms with E-state index in [1.54, 1.807) is 12.4 Å². The Hall–Kier alpha value is -2.30. The van der Waals surface area contributed by atoms with Crippen molar-refractivity contribution in [2.45, 2.75) is 6.92 Å². The molecule has 2 heterocycles. The van der Waals surface area contributed by atoms with Crippen molar-refractivity contribution in [3.63, 3.8) is 0 Å². The lowest BCUT2D eigenvalue weighted by Gasteiger charge is -2.18. The van der Waals surface area contributed by atoms with E-state index < -0.39 is 0 Å². The molecule has 0 amide bonds. The predicted octanol–water partition coefficient (Wildman–Crippen LogP) is 2.35. The van der Waals surface area contributed by atoms with Gasteiger partial charge in [0.15, 0.2) is 11.5 Å². The second-order valence-corrected chi connectivity index (χ2v) is 4.18. The molecule has 3 rings (SSSR count). The van der Waals surface area contributed by atoms with Gasteiger partial charge in [0.25, 0.3) is 0 Å². The van der Waals surface area contributed by atoms with E-state index in [0.717, 1.165) is 35.1 Å². The molecular weight excluding hydrogens is 242 g/mol. The number of anilines is 1. The molecule has 0 fully saturated rings. The third kappa shape index (κ3) is 2.45. The first-order valence-corrected chi connectivity index (χ1v) is 6.33. The van der Waals surface area contributed by atoms with Gasteiger partial charge in [0.05, 0.1) is 18.1 Å². The Morgan fingerprint density at radius 2 is 2.00 bits per heavy atom. The van der Waals surface area contributed by atoms with E-state index in [0.29, 0.717) is 13.2 Å². The quantitative estimate of drug-likeness (QED) is 0.914. The van der Waals surface area contributed by atoms with Gasteiger partial charge in [-0.15, -0.1) is 0 Å². The summed E-state index contributed by atoms with van der Waals surface area (Å²) in [6.07, 6.45) is 3.46. The smallest absolute Gasteiger partial charge is 0.162 e. The summed E-state index contributed by atoms with van der Waals surface area (Å²) in [5, 5.41) is 3.15. The van der Waals surface area contributed by atoms with Gasteiger partial charge in [-0.05, 0) is 25.1 Å². The SMILES string of the molecule is CCNc1cncc(-c2ccc3c(c2)OCCO3)n1. The second-order valence-electron chi connectivity index (χ2n) is 4.18. The molecule has 0 radical (unpaired) electrons. The van der Waals surface area contributed by atoms with Crippen molar-refractivity contribution in [3.05, 3.63) is 30.6 Å². The number of fused-ring (bicyclic) bond motifs is 1. The summed E-state index contributed by atoms with van der Waals surface area (Å²) in [5.41, 5.74) is 1.78. The zero-order valence-electron chi connectivity index (χ0n) is 10.7. The minimum Gasteiger partial charge on any atom is -0.486 e. The third-order valence-electron chi connectivity index (χ3n) is 2.83. The summed E-state index contributed by atoms with van der Waals surface area (Å²) in [5.74, 6) is 2.32. The standard InChI is InChI=1S/C14H15N3O2/c1-2-16-14-9-15-8-11(17-14)10-3-4-12-13(7-10)19-6-5-18-12/h3-4,7-9H,2,5-6H2,1H3,(H,16,17). The molecule has 0 spiro atoms. The Morgan fingerprint density at radius 3 is 2.84 bits per heavy atom. The van der Waals surface area contributed by atoms with Gasteiger partial charge in [-0.2, -0.15) is 0 Å². The van der Waals surface area contributed by atoms with E-state index >= 15 is 0 Å². The lowest BCUT2D eigenvalue weighted by Crippen LogP contribution is -2.15. The molecule has 1 aliphatic rings. The Kier molecular flexibility index (Phi) is 3.18. The number of benzene rings is 1. The molecule has 1 N–H and O–H groups in total. The molecule has 2 aromatic rings. The van der Waals surface area contributed by atoms with Crippen molar-refractivity contribution in [2.75, 3.05) is 25.1 Å². The van der Waals surface area contributed by atoms with E-state index in [1.165, 1.54) is 0 Å². The molecular formula is C14H15N3O2. The van der Waals surface area contributed by atoms with E-state index in [4.69, 9.17) is 9.47 Å². The maximum Gasteiger partial charge on any atom is 0.162 e. The maximum absolute atomic E-state index is 5.57. The van der Waals surface area contributed by atoms with Crippen molar-refractivity contribution in [1.82, 2.24) is 9.97 Å². The van der Waals surface area contributed by atoms with Crippen LogP contribution >= 0.6 is 0 Å².